The van der Waals surface area contributed by atoms with Crippen molar-refractivity contribution in [2.24, 2.45) is 0 Å². The van der Waals surface area contributed by atoms with Gasteiger partial charge in [0, 0.05) is 36.7 Å². The maximum absolute atomic E-state index is 13.5. The SMILES string of the molecule is C[C@@H](c1ccc(-c2ccc(C(F)(F)F)nc2)cc1)N1CCC(CCCO)(c2ccc(F)cc2)CC1=O. The van der Waals surface area contributed by atoms with Crippen LogP contribution in [0.2, 0.25) is 0 Å². The molecule has 190 valence electrons. The average Bonchev–Trinajstić information content (AvgIpc) is 2.87. The first-order chi connectivity index (χ1) is 17.1. The lowest BCUT2D eigenvalue weighted by atomic mass is 9.69. The summed E-state index contributed by atoms with van der Waals surface area (Å²) in [4.78, 5) is 18.7. The fourth-order valence-electron chi connectivity index (χ4n) is 5.04. The van der Waals surface area contributed by atoms with Crippen LogP contribution in [-0.2, 0) is 16.4 Å². The molecule has 1 aliphatic heterocycles. The normalized spacial score (nSPS) is 19.4. The van der Waals surface area contributed by atoms with Crippen LogP contribution >= 0.6 is 0 Å². The highest BCUT2D eigenvalue weighted by Crippen LogP contribution is 2.42. The minimum Gasteiger partial charge on any atom is -0.396 e. The van der Waals surface area contributed by atoms with Crippen molar-refractivity contribution in [2.75, 3.05) is 13.2 Å². The number of likely N-dealkylation sites (tertiary alicyclic amines) is 1. The molecule has 0 aliphatic carbocycles. The molecule has 4 rings (SSSR count). The molecular weight excluding hydrogens is 472 g/mol. The van der Waals surface area contributed by atoms with Crippen LogP contribution in [-0.4, -0.2) is 34.0 Å². The number of hydrogen-bond donors (Lipinski definition) is 1. The number of amides is 1. The Morgan fingerprint density at radius 2 is 1.69 bits per heavy atom. The second-order valence-corrected chi connectivity index (χ2v) is 9.36. The zero-order valence-corrected chi connectivity index (χ0v) is 19.9. The number of carbonyl (C=O) groups excluding carboxylic acids is 1. The van der Waals surface area contributed by atoms with E-state index in [1.165, 1.54) is 24.4 Å². The molecule has 1 amide bonds. The summed E-state index contributed by atoms with van der Waals surface area (Å²) in [5.74, 6) is -0.337. The van der Waals surface area contributed by atoms with Crippen molar-refractivity contribution in [2.45, 2.75) is 50.2 Å². The van der Waals surface area contributed by atoms with Gasteiger partial charge in [-0.2, -0.15) is 13.2 Å². The maximum atomic E-state index is 13.5. The number of pyridine rings is 1. The van der Waals surface area contributed by atoms with E-state index >= 15 is 0 Å². The molecule has 0 radical (unpaired) electrons. The third-order valence-electron chi connectivity index (χ3n) is 7.16. The molecule has 1 aliphatic rings. The smallest absolute Gasteiger partial charge is 0.396 e. The largest absolute Gasteiger partial charge is 0.433 e. The average molecular weight is 501 g/mol. The van der Waals surface area contributed by atoms with Gasteiger partial charge in [0.15, 0.2) is 0 Å². The molecule has 1 saturated heterocycles. The first kappa shape index (κ1) is 25.8. The summed E-state index contributed by atoms with van der Waals surface area (Å²) in [5.41, 5.74) is 1.75. The molecule has 1 N–H and O–H groups in total. The van der Waals surface area contributed by atoms with Gasteiger partial charge >= 0.3 is 6.18 Å². The third kappa shape index (κ3) is 5.43. The zero-order valence-electron chi connectivity index (χ0n) is 19.9. The van der Waals surface area contributed by atoms with Crippen molar-refractivity contribution in [3.05, 3.63) is 89.5 Å². The van der Waals surface area contributed by atoms with Crippen LogP contribution in [0.25, 0.3) is 11.1 Å². The topological polar surface area (TPSA) is 53.4 Å². The van der Waals surface area contributed by atoms with Crippen molar-refractivity contribution in [3.8, 4) is 11.1 Å². The fourth-order valence-corrected chi connectivity index (χ4v) is 5.04. The number of aliphatic hydroxyl groups excluding tert-OH is 1. The van der Waals surface area contributed by atoms with Gasteiger partial charge in [-0.25, -0.2) is 4.39 Å². The highest BCUT2D eigenvalue weighted by molar-refractivity contribution is 5.79. The van der Waals surface area contributed by atoms with Crippen LogP contribution in [0.4, 0.5) is 17.6 Å². The van der Waals surface area contributed by atoms with Gasteiger partial charge in [0.1, 0.15) is 11.5 Å². The lowest BCUT2D eigenvalue weighted by molar-refractivity contribution is -0.141. The number of alkyl halides is 3. The monoisotopic (exact) mass is 500 g/mol. The molecule has 8 heteroatoms. The van der Waals surface area contributed by atoms with Gasteiger partial charge in [-0.05, 0) is 61.1 Å². The standard InChI is InChI=1S/C28H28F4N2O2/c1-19(20-3-5-21(6-4-20)22-7-12-25(33-18-22)28(30,31)32)34-15-14-27(13-2-16-35,17-26(34)36)23-8-10-24(29)11-9-23/h3-12,18-19,35H,2,13-17H2,1H3/t19-,27?/m0/s1. The molecule has 36 heavy (non-hydrogen) atoms. The molecule has 2 heterocycles. The third-order valence-corrected chi connectivity index (χ3v) is 7.16. The van der Waals surface area contributed by atoms with Crippen LogP contribution in [0, 0.1) is 5.82 Å². The van der Waals surface area contributed by atoms with Crippen molar-refractivity contribution in [3.63, 3.8) is 0 Å². The summed E-state index contributed by atoms with van der Waals surface area (Å²) in [6.07, 6.45) is -1.11. The molecule has 2 atom stereocenters. The van der Waals surface area contributed by atoms with Crippen molar-refractivity contribution >= 4 is 5.91 Å². The van der Waals surface area contributed by atoms with Gasteiger partial charge in [0.05, 0.1) is 6.04 Å². The Hall–Kier alpha value is -3.26. The predicted molar refractivity (Wildman–Crippen MR) is 128 cm³/mol. The number of halogens is 4. The Morgan fingerprint density at radius 3 is 2.25 bits per heavy atom. The lowest BCUT2D eigenvalue weighted by Gasteiger charge is -2.44. The van der Waals surface area contributed by atoms with Gasteiger partial charge in [-0.3, -0.25) is 9.78 Å². The summed E-state index contributed by atoms with van der Waals surface area (Å²) >= 11 is 0. The molecule has 2 aromatic carbocycles. The van der Waals surface area contributed by atoms with Gasteiger partial charge in [0.2, 0.25) is 5.91 Å². The fraction of sp³-hybridized carbons (Fsp3) is 0.357. The highest BCUT2D eigenvalue weighted by atomic mass is 19.4. The molecule has 4 nitrogen and oxygen atoms in total. The van der Waals surface area contributed by atoms with E-state index in [1.54, 1.807) is 12.1 Å². The minimum absolute atomic E-state index is 0.00738. The molecule has 1 fully saturated rings. The van der Waals surface area contributed by atoms with Crippen molar-refractivity contribution in [1.82, 2.24) is 9.88 Å². The van der Waals surface area contributed by atoms with Crippen LogP contribution < -0.4 is 0 Å². The molecule has 3 aromatic rings. The number of aromatic nitrogens is 1. The van der Waals surface area contributed by atoms with Crippen molar-refractivity contribution < 1.29 is 27.5 Å². The van der Waals surface area contributed by atoms with E-state index < -0.39 is 17.3 Å². The Kier molecular flexibility index (Phi) is 7.45. The summed E-state index contributed by atoms with van der Waals surface area (Å²) in [6.45, 7) is 2.50. The number of nitrogens with zero attached hydrogens (tertiary/aromatic N) is 2. The number of benzene rings is 2. The molecule has 0 saturated carbocycles. The Labute approximate surface area is 207 Å². The summed E-state index contributed by atoms with van der Waals surface area (Å²) < 4.78 is 51.8. The second-order valence-electron chi connectivity index (χ2n) is 9.36. The second kappa shape index (κ2) is 10.4. The van der Waals surface area contributed by atoms with E-state index in [-0.39, 0.29) is 30.8 Å². The number of rotatable bonds is 7. The Balaban J connectivity index is 1.49. The summed E-state index contributed by atoms with van der Waals surface area (Å²) in [7, 11) is 0. The summed E-state index contributed by atoms with van der Waals surface area (Å²) in [6, 6.07) is 15.8. The predicted octanol–water partition coefficient (Wildman–Crippen LogP) is 6.30. The molecule has 0 spiro atoms. The first-order valence-electron chi connectivity index (χ1n) is 11.9. The van der Waals surface area contributed by atoms with Crippen LogP contribution in [0.3, 0.4) is 0 Å². The van der Waals surface area contributed by atoms with Gasteiger partial charge in [-0.1, -0.05) is 42.5 Å². The van der Waals surface area contributed by atoms with E-state index in [1.807, 2.05) is 36.1 Å². The van der Waals surface area contributed by atoms with Gasteiger partial charge in [-0.15, -0.1) is 0 Å². The van der Waals surface area contributed by atoms with Gasteiger partial charge < -0.3 is 10.0 Å². The lowest BCUT2D eigenvalue weighted by Crippen LogP contribution is -2.47. The quantitative estimate of drug-likeness (QED) is 0.388. The van der Waals surface area contributed by atoms with E-state index in [2.05, 4.69) is 4.98 Å². The number of aliphatic hydroxyl groups is 1. The van der Waals surface area contributed by atoms with Crippen LogP contribution in [0.5, 0.6) is 0 Å². The Bertz CT molecular complexity index is 1180. The number of carbonyl (C=O) groups is 1. The number of piperidine rings is 1. The Morgan fingerprint density at radius 1 is 1.03 bits per heavy atom. The molecule has 1 aromatic heterocycles. The minimum atomic E-state index is -4.48. The molecular formula is C28H28F4N2O2. The molecule has 1 unspecified atom stereocenters. The van der Waals surface area contributed by atoms with E-state index in [0.29, 0.717) is 31.4 Å². The van der Waals surface area contributed by atoms with Crippen LogP contribution in [0.1, 0.15) is 55.5 Å². The number of hydrogen-bond acceptors (Lipinski definition) is 3. The maximum Gasteiger partial charge on any atom is 0.433 e. The first-order valence-corrected chi connectivity index (χ1v) is 11.9. The van der Waals surface area contributed by atoms with Crippen molar-refractivity contribution in [1.29, 1.82) is 0 Å². The van der Waals surface area contributed by atoms with Gasteiger partial charge in [0.25, 0.3) is 0 Å². The van der Waals surface area contributed by atoms with E-state index in [0.717, 1.165) is 22.8 Å². The van der Waals surface area contributed by atoms with E-state index in [9.17, 15) is 27.5 Å². The van der Waals surface area contributed by atoms with Crippen LogP contribution in [0.15, 0.2) is 66.9 Å². The molecule has 0 bridgehead atoms. The highest BCUT2D eigenvalue weighted by Gasteiger charge is 2.41. The summed E-state index contributed by atoms with van der Waals surface area (Å²) in [5, 5.41) is 9.40. The zero-order chi connectivity index (χ0) is 25.9. The van der Waals surface area contributed by atoms with E-state index in [4.69, 9.17) is 0 Å².